The molecule has 0 amide bonds. The van der Waals surface area contributed by atoms with E-state index in [1.807, 2.05) is 7.05 Å². The summed E-state index contributed by atoms with van der Waals surface area (Å²) in [6.07, 6.45) is 46.6. The van der Waals surface area contributed by atoms with Crippen LogP contribution >= 0.6 is 0 Å². The molecule has 0 heterocycles. The molecule has 1 unspecified atom stereocenters. The summed E-state index contributed by atoms with van der Waals surface area (Å²) in [7, 11) is 2.03. The lowest BCUT2D eigenvalue weighted by molar-refractivity contribution is -0.0219. The van der Waals surface area contributed by atoms with Crippen molar-refractivity contribution in [3.8, 4) is 0 Å². The second kappa shape index (κ2) is 40.9. The van der Waals surface area contributed by atoms with E-state index in [0.29, 0.717) is 0 Å². The first kappa shape index (κ1) is 43.9. The lowest BCUT2D eigenvalue weighted by Gasteiger charge is -2.18. The molecule has 266 valence electrons. The molecule has 0 aliphatic carbocycles. The van der Waals surface area contributed by atoms with Crippen LogP contribution in [0.1, 0.15) is 226 Å². The summed E-state index contributed by atoms with van der Waals surface area (Å²) in [6.45, 7) is 8.17. The van der Waals surface area contributed by atoms with Crippen molar-refractivity contribution in [3.05, 3.63) is 0 Å². The van der Waals surface area contributed by atoms with Crippen molar-refractivity contribution < 1.29 is 9.47 Å². The summed E-state index contributed by atoms with van der Waals surface area (Å²) in [5, 5.41) is 3.28. The van der Waals surface area contributed by atoms with Crippen molar-refractivity contribution in [2.75, 3.05) is 33.4 Å². The van der Waals surface area contributed by atoms with Crippen LogP contribution in [-0.2, 0) is 9.47 Å². The molecule has 1 atom stereocenters. The number of hydrogen-bond donors (Lipinski definition) is 1. The molecule has 3 nitrogen and oxygen atoms in total. The Balaban J connectivity index is 3.43. The Bertz CT molecular complexity index is 485. The first-order valence-electron chi connectivity index (χ1n) is 20.7. The predicted molar refractivity (Wildman–Crippen MR) is 198 cm³/mol. The molecule has 0 saturated carbocycles. The third-order valence-electron chi connectivity index (χ3n) is 9.51. The molecule has 0 saturated heterocycles. The fourth-order valence-corrected chi connectivity index (χ4v) is 6.39. The maximum absolute atomic E-state index is 6.23. The number of hydrogen-bond acceptors (Lipinski definition) is 3. The van der Waals surface area contributed by atoms with E-state index in [-0.39, 0.29) is 6.10 Å². The molecule has 0 spiro atoms. The van der Waals surface area contributed by atoms with Gasteiger partial charge in [-0.3, -0.25) is 0 Å². The van der Waals surface area contributed by atoms with Crippen LogP contribution in [0.2, 0.25) is 0 Å². The van der Waals surface area contributed by atoms with Crippen molar-refractivity contribution in [2.24, 2.45) is 0 Å². The molecule has 3 heteroatoms. The van der Waals surface area contributed by atoms with Crippen LogP contribution in [0.3, 0.4) is 0 Å². The van der Waals surface area contributed by atoms with E-state index in [9.17, 15) is 0 Å². The zero-order chi connectivity index (χ0) is 31.9. The molecule has 0 aliphatic heterocycles. The van der Waals surface area contributed by atoms with Gasteiger partial charge in [0.1, 0.15) is 0 Å². The van der Waals surface area contributed by atoms with Gasteiger partial charge in [0, 0.05) is 13.2 Å². The van der Waals surface area contributed by atoms with E-state index < -0.39 is 0 Å². The van der Waals surface area contributed by atoms with Gasteiger partial charge in [0.05, 0.1) is 12.7 Å². The van der Waals surface area contributed by atoms with Gasteiger partial charge in [-0.05, 0) is 32.9 Å². The number of ether oxygens (including phenoxy) is 2. The standard InChI is InChI=1S/C41H85NO2/c1-4-6-8-10-12-14-16-18-20-22-24-26-28-30-32-34-38-43-40-41(36-37-42-3)44-39-35-33-31-29-27-25-23-21-19-17-15-13-11-9-7-5-2/h41-42H,4-40H2,1-3H3. The number of rotatable bonds is 40. The molecule has 0 aromatic heterocycles. The molecular weight excluding hydrogens is 538 g/mol. The van der Waals surface area contributed by atoms with Gasteiger partial charge in [-0.25, -0.2) is 0 Å². The van der Waals surface area contributed by atoms with Crippen LogP contribution in [0.4, 0.5) is 0 Å². The van der Waals surface area contributed by atoms with Gasteiger partial charge in [-0.2, -0.15) is 0 Å². The van der Waals surface area contributed by atoms with Gasteiger partial charge < -0.3 is 14.8 Å². The van der Waals surface area contributed by atoms with Gasteiger partial charge in [0.25, 0.3) is 0 Å². The minimum Gasteiger partial charge on any atom is -0.379 e. The Hall–Kier alpha value is -0.120. The van der Waals surface area contributed by atoms with Gasteiger partial charge >= 0.3 is 0 Å². The Morgan fingerprint density at radius 1 is 0.386 bits per heavy atom. The van der Waals surface area contributed by atoms with Crippen molar-refractivity contribution >= 4 is 0 Å². The fraction of sp³-hybridized carbons (Fsp3) is 1.00. The van der Waals surface area contributed by atoms with Crippen LogP contribution < -0.4 is 5.32 Å². The van der Waals surface area contributed by atoms with E-state index in [1.54, 1.807) is 0 Å². The van der Waals surface area contributed by atoms with E-state index in [2.05, 4.69) is 19.2 Å². The normalized spacial score (nSPS) is 12.3. The minimum atomic E-state index is 0.250. The maximum Gasteiger partial charge on any atom is 0.0820 e. The largest absolute Gasteiger partial charge is 0.379 e. The molecule has 0 fully saturated rings. The van der Waals surface area contributed by atoms with E-state index in [0.717, 1.165) is 32.8 Å². The van der Waals surface area contributed by atoms with Crippen LogP contribution in [-0.4, -0.2) is 39.5 Å². The number of nitrogens with one attached hydrogen (secondary N) is 1. The first-order chi connectivity index (χ1) is 21.8. The van der Waals surface area contributed by atoms with Crippen molar-refractivity contribution in [3.63, 3.8) is 0 Å². The average molecular weight is 624 g/mol. The summed E-state index contributed by atoms with van der Waals surface area (Å²) in [4.78, 5) is 0. The highest BCUT2D eigenvalue weighted by atomic mass is 16.5. The van der Waals surface area contributed by atoms with Gasteiger partial charge in [0.2, 0.25) is 0 Å². The van der Waals surface area contributed by atoms with E-state index in [4.69, 9.17) is 9.47 Å². The minimum absolute atomic E-state index is 0.250. The smallest absolute Gasteiger partial charge is 0.0820 e. The monoisotopic (exact) mass is 624 g/mol. The van der Waals surface area contributed by atoms with Crippen LogP contribution in [0.25, 0.3) is 0 Å². The van der Waals surface area contributed by atoms with E-state index >= 15 is 0 Å². The molecule has 0 aromatic rings. The Labute approximate surface area is 279 Å². The molecule has 0 aliphatic rings. The highest BCUT2D eigenvalue weighted by molar-refractivity contribution is 4.60. The quantitative estimate of drug-likeness (QED) is 0.0689. The van der Waals surface area contributed by atoms with Crippen molar-refractivity contribution in [1.82, 2.24) is 5.32 Å². The van der Waals surface area contributed by atoms with E-state index in [1.165, 1.54) is 205 Å². The molecule has 0 aromatic carbocycles. The Kier molecular flexibility index (Phi) is 40.8. The second-order valence-corrected chi connectivity index (χ2v) is 14.1. The third-order valence-corrected chi connectivity index (χ3v) is 9.51. The zero-order valence-electron chi connectivity index (χ0n) is 31.1. The van der Waals surface area contributed by atoms with Crippen LogP contribution in [0.5, 0.6) is 0 Å². The Morgan fingerprint density at radius 3 is 1.00 bits per heavy atom. The summed E-state index contributed by atoms with van der Waals surface area (Å²) in [6, 6.07) is 0. The average Bonchev–Trinajstić information content (AvgIpc) is 3.04. The maximum atomic E-state index is 6.23. The van der Waals surface area contributed by atoms with Gasteiger partial charge in [0.15, 0.2) is 0 Å². The predicted octanol–water partition coefficient (Wildman–Crippen LogP) is 13.5. The van der Waals surface area contributed by atoms with Crippen LogP contribution in [0.15, 0.2) is 0 Å². The summed E-state index contributed by atoms with van der Waals surface area (Å²) >= 11 is 0. The van der Waals surface area contributed by atoms with Gasteiger partial charge in [-0.15, -0.1) is 0 Å². The molecule has 0 radical (unpaired) electrons. The lowest BCUT2D eigenvalue weighted by atomic mass is 10.0. The van der Waals surface area contributed by atoms with Crippen LogP contribution in [0, 0.1) is 0 Å². The highest BCUT2D eigenvalue weighted by Gasteiger charge is 2.09. The SMILES string of the molecule is CCCCCCCCCCCCCCCCCCOCC(CCNC)OCCCCCCCCCCCCCCCCCC. The third kappa shape index (κ3) is 38.1. The molecule has 0 rings (SSSR count). The summed E-state index contributed by atoms with van der Waals surface area (Å²) < 4.78 is 12.3. The molecule has 44 heavy (non-hydrogen) atoms. The van der Waals surface area contributed by atoms with Crippen molar-refractivity contribution in [1.29, 1.82) is 0 Å². The number of unbranched alkanes of at least 4 members (excludes halogenated alkanes) is 30. The fourth-order valence-electron chi connectivity index (χ4n) is 6.39. The summed E-state index contributed by atoms with van der Waals surface area (Å²) in [5.41, 5.74) is 0. The first-order valence-corrected chi connectivity index (χ1v) is 20.7. The summed E-state index contributed by atoms with van der Waals surface area (Å²) in [5.74, 6) is 0. The topological polar surface area (TPSA) is 30.5 Å². The van der Waals surface area contributed by atoms with Crippen molar-refractivity contribution in [2.45, 2.75) is 232 Å². The highest BCUT2D eigenvalue weighted by Crippen LogP contribution is 2.15. The lowest BCUT2D eigenvalue weighted by Crippen LogP contribution is -2.25. The van der Waals surface area contributed by atoms with Gasteiger partial charge in [-0.1, -0.05) is 206 Å². The second-order valence-electron chi connectivity index (χ2n) is 14.1. The zero-order valence-corrected chi connectivity index (χ0v) is 31.1. The molecule has 0 bridgehead atoms. The molecular formula is C41H85NO2. The Morgan fingerprint density at radius 2 is 0.682 bits per heavy atom. The molecule has 1 N–H and O–H groups in total.